The van der Waals surface area contributed by atoms with Gasteiger partial charge in [-0.25, -0.2) is 0 Å². The maximum absolute atomic E-state index is 11.1. The topological polar surface area (TPSA) is 61.4 Å². The molecule has 0 amide bonds. The van der Waals surface area contributed by atoms with E-state index < -0.39 is 12.0 Å². The summed E-state index contributed by atoms with van der Waals surface area (Å²) in [5, 5.41) is 15.8. The van der Waals surface area contributed by atoms with Crippen molar-refractivity contribution in [2.75, 3.05) is 6.54 Å². The molecule has 3 N–H and O–H groups in total. The fraction of sp³-hybridized carbons (Fsp3) is 0.923. The average Bonchev–Trinajstić information content (AvgIpc) is 2.68. The third-order valence-electron chi connectivity index (χ3n) is 3.29. The van der Waals surface area contributed by atoms with Crippen LogP contribution in [0.3, 0.4) is 0 Å². The summed E-state index contributed by atoms with van der Waals surface area (Å²) >= 11 is 0. The van der Waals surface area contributed by atoms with Crippen LogP contribution in [0.1, 0.15) is 46.5 Å². The van der Waals surface area contributed by atoms with Gasteiger partial charge >= 0.3 is 5.97 Å². The molecule has 1 fully saturated rings. The lowest BCUT2D eigenvalue weighted by atomic mass is 10.0. The van der Waals surface area contributed by atoms with Crippen LogP contribution in [0.5, 0.6) is 0 Å². The van der Waals surface area contributed by atoms with Gasteiger partial charge in [0.05, 0.1) is 0 Å². The van der Waals surface area contributed by atoms with Crippen molar-refractivity contribution >= 4 is 5.97 Å². The van der Waals surface area contributed by atoms with Gasteiger partial charge in [-0.2, -0.15) is 0 Å². The summed E-state index contributed by atoms with van der Waals surface area (Å²) in [5.41, 5.74) is 0. The number of aliphatic carboxylic acids is 1. The van der Waals surface area contributed by atoms with Crippen molar-refractivity contribution in [3.05, 3.63) is 0 Å². The lowest BCUT2D eigenvalue weighted by molar-refractivity contribution is -0.140. The third-order valence-corrected chi connectivity index (χ3v) is 3.29. The van der Waals surface area contributed by atoms with Gasteiger partial charge in [0.25, 0.3) is 0 Å². The Morgan fingerprint density at radius 3 is 2.65 bits per heavy atom. The molecule has 0 aromatic heterocycles. The van der Waals surface area contributed by atoms with E-state index >= 15 is 0 Å². The number of carboxylic acids is 1. The van der Waals surface area contributed by atoms with Crippen LogP contribution in [0.4, 0.5) is 0 Å². The SMILES string of the molecule is CC(C)CC(NC(C)CC1CCCN1)C(=O)O. The summed E-state index contributed by atoms with van der Waals surface area (Å²) in [4.78, 5) is 11.1. The zero-order valence-electron chi connectivity index (χ0n) is 11.2. The highest BCUT2D eigenvalue weighted by Gasteiger charge is 2.23. The van der Waals surface area contributed by atoms with Crippen molar-refractivity contribution in [1.29, 1.82) is 0 Å². The van der Waals surface area contributed by atoms with Crippen molar-refractivity contribution < 1.29 is 9.90 Å². The Labute approximate surface area is 104 Å². The van der Waals surface area contributed by atoms with Gasteiger partial charge in [0, 0.05) is 12.1 Å². The van der Waals surface area contributed by atoms with E-state index in [-0.39, 0.29) is 6.04 Å². The van der Waals surface area contributed by atoms with Crippen molar-refractivity contribution in [2.24, 2.45) is 5.92 Å². The highest BCUT2D eigenvalue weighted by atomic mass is 16.4. The number of hydrogen-bond donors (Lipinski definition) is 3. The van der Waals surface area contributed by atoms with Crippen molar-refractivity contribution in [2.45, 2.75) is 64.6 Å². The zero-order valence-corrected chi connectivity index (χ0v) is 11.2. The standard InChI is InChI=1S/C13H26N2O2/c1-9(2)7-12(13(16)17)15-10(3)8-11-5-4-6-14-11/h9-12,14-15H,4-8H2,1-3H3,(H,16,17). The minimum absolute atomic E-state index is 0.255. The minimum atomic E-state index is -0.732. The predicted octanol–water partition coefficient (Wildman–Crippen LogP) is 1.61. The van der Waals surface area contributed by atoms with Gasteiger partial charge < -0.3 is 15.7 Å². The fourth-order valence-electron chi connectivity index (χ4n) is 2.51. The third kappa shape index (κ3) is 5.50. The first kappa shape index (κ1) is 14.5. The first-order chi connectivity index (χ1) is 7.99. The fourth-order valence-corrected chi connectivity index (χ4v) is 2.51. The van der Waals surface area contributed by atoms with Crippen LogP contribution >= 0.6 is 0 Å². The van der Waals surface area contributed by atoms with Crippen LogP contribution in [0.25, 0.3) is 0 Å². The molecule has 0 saturated carbocycles. The normalized spacial score (nSPS) is 23.9. The first-order valence-corrected chi connectivity index (χ1v) is 6.71. The molecule has 100 valence electrons. The van der Waals surface area contributed by atoms with E-state index in [9.17, 15) is 4.79 Å². The summed E-state index contributed by atoms with van der Waals surface area (Å²) in [6, 6.07) is 0.405. The molecule has 0 aliphatic carbocycles. The van der Waals surface area contributed by atoms with E-state index in [2.05, 4.69) is 31.4 Å². The van der Waals surface area contributed by atoms with E-state index in [1.165, 1.54) is 12.8 Å². The van der Waals surface area contributed by atoms with Gasteiger partial charge in [-0.05, 0) is 45.1 Å². The van der Waals surface area contributed by atoms with Gasteiger partial charge in [-0.15, -0.1) is 0 Å². The van der Waals surface area contributed by atoms with E-state index in [0.29, 0.717) is 18.4 Å². The molecule has 17 heavy (non-hydrogen) atoms. The first-order valence-electron chi connectivity index (χ1n) is 6.71. The Kier molecular flexibility index (Phi) is 5.92. The van der Waals surface area contributed by atoms with Crippen molar-refractivity contribution in [1.82, 2.24) is 10.6 Å². The van der Waals surface area contributed by atoms with Gasteiger partial charge in [0.1, 0.15) is 6.04 Å². The van der Waals surface area contributed by atoms with Crippen LogP contribution in [0.2, 0.25) is 0 Å². The highest BCUT2D eigenvalue weighted by molar-refractivity contribution is 5.73. The van der Waals surface area contributed by atoms with Crippen LogP contribution < -0.4 is 10.6 Å². The van der Waals surface area contributed by atoms with E-state index in [1.807, 2.05) is 0 Å². The van der Waals surface area contributed by atoms with Crippen LogP contribution in [0, 0.1) is 5.92 Å². The summed E-state index contributed by atoms with van der Waals surface area (Å²) in [5.74, 6) is -0.328. The lowest BCUT2D eigenvalue weighted by Crippen LogP contribution is -2.44. The van der Waals surface area contributed by atoms with Gasteiger partial charge in [0.15, 0.2) is 0 Å². The van der Waals surface area contributed by atoms with E-state index in [4.69, 9.17) is 5.11 Å². The number of carbonyl (C=O) groups is 1. The summed E-state index contributed by atoms with van der Waals surface area (Å²) in [6.07, 6.45) is 4.17. The van der Waals surface area contributed by atoms with Crippen molar-refractivity contribution in [3.63, 3.8) is 0 Å². The molecule has 0 aromatic carbocycles. The molecule has 4 heteroatoms. The van der Waals surface area contributed by atoms with E-state index in [1.54, 1.807) is 0 Å². The molecule has 1 heterocycles. The van der Waals surface area contributed by atoms with Crippen LogP contribution in [-0.4, -0.2) is 35.7 Å². The van der Waals surface area contributed by atoms with E-state index in [0.717, 1.165) is 13.0 Å². The molecule has 0 spiro atoms. The van der Waals surface area contributed by atoms with Crippen molar-refractivity contribution in [3.8, 4) is 0 Å². The molecule has 1 aliphatic heterocycles. The Morgan fingerprint density at radius 1 is 1.47 bits per heavy atom. The predicted molar refractivity (Wildman–Crippen MR) is 69.1 cm³/mol. The molecular weight excluding hydrogens is 216 g/mol. The lowest BCUT2D eigenvalue weighted by Gasteiger charge is -2.23. The number of carboxylic acid groups (broad SMARTS) is 1. The zero-order chi connectivity index (χ0) is 12.8. The molecule has 0 bridgehead atoms. The second kappa shape index (κ2) is 6.97. The largest absolute Gasteiger partial charge is 0.480 e. The Bertz CT molecular complexity index is 238. The smallest absolute Gasteiger partial charge is 0.320 e. The molecule has 1 aliphatic rings. The number of nitrogens with one attached hydrogen (secondary N) is 2. The maximum atomic E-state index is 11.1. The summed E-state index contributed by atoms with van der Waals surface area (Å²) < 4.78 is 0. The van der Waals surface area contributed by atoms with Crippen LogP contribution in [0.15, 0.2) is 0 Å². The molecular formula is C13H26N2O2. The maximum Gasteiger partial charge on any atom is 0.320 e. The molecule has 4 nitrogen and oxygen atoms in total. The van der Waals surface area contributed by atoms with Crippen LogP contribution in [-0.2, 0) is 4.79 Å². The Hall–Kier alpha value is -0.610. The Balaban J connectivity index is 2.34. The minimum Gasteiger partial charge on any atom is -0.480 e. The van der Waals surface area contributed by atoms with Gasteiger partial charge in [-0.3, -0.25) is 4.79 Å². The monoisotopic (exact) mass is 242 g/mol. The number of rotatable bonds is 7. The second-order valence-corrected chi connectivity index (χ2v) is 5.62. The summed E-state index contributed by atoms with van der Waals surface area (Å²) in [6.45, 7) is 7.30. The molecule has 1 saturated heterocycles. The average molecular weight is 242 g/mol. The Morgan fingerprint density at radius 2 is 2.18 bits per heavy atom. The van der Waals surface area contributed by atoms with Gasteiger partial charge in [-0.1, -0.05) is 13.8 Å². The second-order valence-electron chi connectivity index (χ2n) is 5.62. The summed E-state index contributed by atoms with van der Waals surface area (Å²) in [7, 11) is 0. The quantitative estimate of drug-likeness (QED) is 0.634. The highest BCUT2D eigenvalue weighted by Crippen LogP contribution is 2.12. The molecule has 3 unspecified atom stereocenters. The molecule has 3 atom stereocenters. The van der Waals surface area contributed by atoms with Gasteiger partial charge in [0.2, 0.25) is 0 Å². The number of hydrogen-bond acceptors (Lipinski definition) is 3. The molecule has 0 radical (unpaired) electrons. The molecule has 1 rings (SSSR count). The molecule has 0 aromatic rings.